The molecule has 0 aliphatic heterocycles. The Morgan fingerprint density at radius 3 is 2.55 bits per heavy atom. The molecule has 0 saturated heterocycles. The third kappa shape index (κ3) is 7.47. The molecule has 0 amide bonds. The molecular weight excluding hydrogens is 410 g/mol. The Bertz CT molecular complexity index is 999. The van der Waals surface area contributed by atoms with Crippen molar-refractivity contribution in [2.45, 2.75) is 38.8 Å². The van der Waals surface area contributed by atoms with Gasteiger partial charge in [0.15, 0.2) is 0 Å². The summed E-state index contributed by atoms with van der Waals surface area (Å²) in [5.74, 6) is 0.970. The number of phenolic OH excluding ortho intramolecular Hbond substituents is 1. The number of aliphatic hydroxyl groups excluding tert-OH is 1. The van der Waals surface area contributed by atoms with Crippen molar-refractivity contribution in [2.75, 3.05) is 13.2 Å². The van der Waals surface area contributed by atoms with Gasteiger partial charge in [0.05, 0.1) is 0 Å². The van der Waals surface area contributed by atoms with Gasteiger partial charge in [-0.1, -0.05) is 41.7 Å². The van der Waals surface area contributed by atoms with E-state index >= 15 is 0 Å². The Kier molecular flexibility index (Phi) is 7.79. The van der Waals surface area contributed by atoms with Gasteiger partial charge in [-0.25, -0.2) is 0 Å². The zero-order valence-electron chi connectivity index (χ0n) is 18.1. The Labute approximate surface area is 187 Å². The van der Waals surface area contributed by atoms with Gasteiger partial charge in [-0.15, -0.1) is 10.2 Å². The van der Waals surface area contributed by atoms with Crippen molar-refractivity contribution in [1.82, 2.24) is 15.5 Å². The lowest BCUT2D eigenvalue weighted by molar-refractivity contribution is 0.0987. The number of nitrogens with zero attached hydrogens (tertiary/aromatic N) is 2. The van der Waals surface area contributed by atoms with Gasteiger partial charge in [-0.05, 0) is 63.1 Å². The van der Waals surface area contributed by atoms with Crippen LogP contribution in [0.1, 0.15) is 35.0 Å². The van der Waals surface area contributed by atoms with Crippen LogP contribution < -0.4 is 10.1 Å². The van der Waals surface area contributed by atoms with E-state index < -0.39 is 6.10 Å². The minimum Gasteiger partial charge on any atom is -0.508 e. The lowest BCUT2D eigenvalue weighted by Gasteiger charge is -2.28. The number of aromatic hydroxyl groups is 1. The number of hydrogen-bond acceptors (Lipinski definition) is 7. The van der Waals surface area contributed by atoms with Gasteiger partial charge in [0.2, 0.25) is 0 Å². The van der Waals surface area contributed by atoms with Crippen LogP contribution in [0.2, 0.25) is 0 Å². The van der Waals surface area contributed by atoms with Crippen molar-refractivity contribution >= 4 is 23.5 Å². The molecule has 3 rings (SSSR count). The molecule has 0 saturated carbocycles. The van der Waals surface area contributed by atoms with Gasteiger partial charge in [0.1, 0.15) is 34.2 Å². The summed E-state index contributed by atoms with van der Waals surface area (Å²) >= 11 is 1.53. The van der Waals surface area contributed by atoms with Crippen molar-refractivity contribution in [3.05, 3.63) is 69.7 Å². The third-order valence-electron chi connectivity index (χ3n) is 4.70. The van der Waals surface area contributed by atoms with E-state index in [2.05, 4.69) is 29.4 Å². The van der Waals surface area contributed by atoms with E-state index in [0.717, 1.165) is 27.6 Å². The maximum absolute atomic E-state index is 10.4. The fraction of sp³-hybridized carbons (Fsp3) is 0.333. The van der Waals surface area contributed by atoms with Crippen molar-refractivity contribution in [3.63, 3.8) is 0 Å². The molecule has 0 aliphatic carbocycles. The highest BCUT2D eigenvalue weighted by Crippen LogP contribution is 2.22. The van der Waals surface area contributed by atoms with Crippen LogP contribution in [0.25, 0.3) is 12.2 Å². The second-order valence-electron chi connectivity index (χ2n) is 8.10. The van der Waals surface area contributed by atoms with Gasteiger partial charge in [-0.3, -0.25) is 0 Å². The predicted molar refractivity (Wildman–Crippen MR) is 125 cm³/mol. The van der Waals surface area contributed by atoms with Gasteiger partial charge in [0.25, 0.3) is 0 Å². The number of β-amino-alcohol motifs (C(OH)–C–C–N with tert-alkyl or cyclic N) is 1. The number of nitrogens with one attached hydrogen (secondary N) is 1. The maximum atomic E-state index is 10.4. The summed E-state index contributed by atoms with van der Waals surface area (Å²) in [4.78, 5) is 0. The summed E-state index contributed by atoms with van der Waals surface area (Å²) < 4.78 is 5.89. The molecule has 0 fully saturated rings. The topological polar surface area (TPSA) is 87.5 Å². The van der Waals surface area contributed by atoms with Gasteiger partial charge in [-0.2, -0.15) is 0 Å². The number of aromatic nitrogens is 2. The fourth-order valence-electron chi connectivity index (χ4n) is 3.12. The summed E-state index contributed by atoms with van der Waals surface area (Å²) in [7, 11) is 0. The molecule has 1 aromatic heterocycles. The Hall–Kier alpha value is -2.74. The second-order valence-corrected chi connectivity index (χ2v) is 9.32. The first-order chi connectivity index (χ1) is 14.8. The van der Waals surface area contributed by atoms with E-state index in [9.17, 15) is 10.2 Å². The van der Waals surface area contributed by atoms with Crippen LogP contribution >= 0.6 is 11.3 Å². The first-order valence-electron chi connectivity index (χ1n) is 10.2. The summed E-state index contributed by atoms with van der Waals surface area (Å²) in [5.41, 5.74) is 1.83. The van der Waals surface area contributed by atoms with Crippen LogP contribution in [0.4, 0.5) is 0 Å². The van der Waals surface area contributed by atoms with Gasteiger partial charge >= 0.3 is 0 Å². The molecule has 1 atom stereocenters. The number of rotatable bonds is 10. The first kappa shape index (κ1) is 22.9. The lowest BCUT2D eigenvalue weighted by Crippen LogP contribution is -2.46. The molecule has 3 aromatic rings. The lowest BCUT2D eigenvalue weighted by atomic mass is 9.94. The number of hydrogen-bond donors (Lipinski definition) is 3. The highest BCUT2D eigenvalue weighted by atomic mass is 32.1. The SMILES string of the molecule is Cc1nnc(C=Cc2ccccc2OCC(O)CNC(C)(C)Cc2ccc(O)cc2)s1. The summed E-state index contributed by atoms with van der Waals surface area (Å²) in [6.07, 6.45) is 3.98. The summed E-state index contributed by atoms with van der Waals surface area (Å²) in [6, 6.07) is 14.9. The monoisotopic (exact) mass is 439 g/mol. The number of phenols is 1. The highest BCUT2D eigenvalue weighted by molar-refractivity contribution is 7.12. The zero-order valence-corrected chi connectivity index (χ0v) is 18.9. The van der Waals surface area contributed by atoms with E-state index in [1.165, 1.54) is 11.3 Å². The molecule has 0 spiro atoms. The molecule has 164 valence electrons. The molecule has 7 heteroatoms. The number of benzene rings is 2. The van der Waals surface area contributed by atoms with E-state index in [4.69, 9.17) is 4.74 Å². The van der Waals surface area contributed by atoms with Gasteiger partial charge in [0, 0.05) is 17.6 Å². The summed E-state index contributed by atoms with van der Waals surface area (Å²) in [5, 5.41) is 33.1. The van der Waals surface area contributed by atoms with Crippen molar-refractivity contribution in [1.29, 1.82) is 0 Å². The smallest absolute Gasteiger partial charge is 0.140 e. The Morgan fingerprint density at radius 2 is 1.84 bits per heavy atom. The first-order valence-corrected chi connectivity index (χ1v) is 11.0. The fourth-order valence-corrected chi connectivity index (χ4v) is 3.72. The van der Waals surface area contributed by atoms with E-state index in [-0.39, 0.29) is 17.9 Å². The van der Waals surface area contributed by atoms with Crippen LogP contribution in [-0.4, -0.2) is 45.2 Å². The second kappa shape index (κ2) is 10.5. The molecule has 0 aliphatic rings. The van der Waals surface area contributed by atoms with Crippen molar-refractivity contribution in [3.8, 4) is 11.5 Å². The normalized spacial score (nSPS) is 12.9. The summed E-state index contributed by atoms with van der Waals surface area (Å²) in [6.45, 7) is 6.69. The number of para-hydroxylation sites is 1. The van der Waals surface area contributed by atoms with E-state index in [1.54, 1.807) is 12.1 Å². The number of aliphatic hydroxyl groups is 1. The van der Waals surface area contributed by atoms with E-state index in [1.807, 2.05) is 55.5 Å². The average Bonchev–Trinajstić information content (AvgIpc) is 3.16. The van der Waals surface area contributed by atoms with Crippen LogP contribution in [0.5, 0.6) is 11.5 Å². The van der Waals surface area contributed by atoms with Crippen molar-refractivity contribution in [2.24, 2.45) is 0 Å². The minimum absolute atomic E-state index is 0.186. The largest absolute Gasteiger partial charge is 0.508 e. The van der Waals surface area contributed by atoms with Gasteiger partial charge < -0.3 is 20.3 Å². The molecule has 1 unspecified atom stereocenters. The standard InChI is InChI=1S/C24H29N3O3S/c1-17-26-27-23(31-17)13-10-19-6-4-5-7-22(19)30-16-21(29)15-25-24(2,3)14-18-8-11-20(28)12-9-18/h4-13,21,25,28-29H,14-16H2,1-3H3. The Morgan fingerprint density at radius 1 is 1.10 bits per heavy atom. The maximum Gasteiger partial charge on any atom is 0.140 e. The quantitative estimate of drug-likeness (QED) is 0.441. The number of aryl methyl sites for hydroxylation is 1. The van der Waals surface area contributed by atoms with Crippen LogP contribution in [-0.2, 0) is 6.42 Å². The molecule has 0 radical (unpaired) electrons. The van der Waals surface area contributed by atoms with Crippen LogP contribution in [0, 0.1) is 6.92 Å². The zero-order chi connectivity index (χ0) is 22.3. The van der Waals surface area contributed by atoms with E-state index in [0.29, 0.717) is 12.3 Å². The number of ether oxygens (including phenoxy) is 1. The molecular formula is C24H29N3O3S. The molecule has 2 aromatic carbocycles. The molecule has 3 N–H and O–H groups in total. The average molecular weight is 440 g/mol. The highest BCUT2D eigenvalue weighted by Gasteiger charge is 2.19. The van der Waals surface area contributed by atoms with Crippen LogP contribution in [0.3, 0.4) is 0 Å². The molecule has 31 heavy (non-hydrogen) atoms. The predicted octanol–water partition coefficient (Wildman–Crippen LogP) is 4.07. The Balaban J connectivity index is 1.50. The molecule has 1 heterocycles. The molecule has 6 nitrogen and oxygen atoms in total. The molecule has 0 bridgehead atoms. The third-order valence-corrected chi connectivity index (χ3v) is 5.50. The van der Waals surface area contributed by atoms with Crippen LogP contribution in [0.15, 0.2) is 48.5 Å². The minimum atomic E-state index is -0.651. The van der Waals surface area contributed by atoms with Crippen molar-refractivity contribution < 1.29 is 14.9 Å².